The first-order chi connectivity index (χ1) is 9.56. The first kappa shape index (κ1) is 12.3. The number of hydrogen-bond acceptors (Lipinski definition) is 5. The van der Waals surface area contributed by atoms with E-state index in [1.807, 2.05) is 0 Å². The maximum Gasteiger partial charge on any atom is 0.158 e. The summed E-state index contributed by atoms with van der Waals surface area (Å²) in [6, 6.07) is 7.69. The van der Waals surface area contributed by atoms with Crippen LogP contribution in [-0.4, -0.2) is 27.6 Å². The van der Waals surface area contributed by atoms with E-state index >= 15 is 0 Å². The van der Waals surface area contributed by atoms with E-state index in [1.54, 1.807) is 18.2 Å². The molecule has 102 valence electrons. The number of nitrogens with two attached hydrogens (primary N) is 1. The highest BCUT2D eigenvalue weighted by atomic mass is 16.3. The summed E-state index contributed by atoms with van der Waals surface area (Å²) in [5.41, 5.74) is 9.31. The summed E-state index contributed by atoms with van der Waals surface area (Å²) in [7, 11) is 0. The molecule has 0 aliphatic carbocycles. The van der Waals surface area contributed by atoms with Gasteiger partial charge in [-0.15, -0.1) is 0 Å². The maximum atomic E-state index is 9.68. The molecule has 2 aromatic carbocycles. The van der Waals surface area contributed by atoms with Crippen LogP contribution in [0.3, 0.4) is 0 Å². The Morgan fingerprint density at radius 1 is 0.950 bits per heavy atom. The fourth-order valence-corrected chi connectivity index (χ4v) is 2.40. The quantitative estimate of drug-likeness (QED) is 0.360. The van der Waals surface area contributed by atoms with E-state index in [4.69, 9.17) is 5.73 Å². The lowest BCUT2D eigenvalue weighted by Gasteiger charge is -2.19. The number of aromatic hydroxyl groups is 3. The van der Waals surface area contributed by atoms with Gasteiger partial charge in [0.1, 0.15) is 5.75 Å². The van der Waals surface area contributed by atoms with Crippen LogP contribution in [0.2, 0.25) is 0 Å². The van der Waals surface area contributed by atoms with E-state index in [0.717, 1.165) is 11.1 Å². The number of aliphatic imine (C=N–C) groups is 1. The molecule has 1 aliphatic rings. The Hall–Kier alpha value is -2.69. The molecule has 5 heteroatoms. The van der Waals surface area contributed by atoms with Crippen LogP contribution >= 0.6 is 0 Å². The SMILES string of the molecule is Nc1ccc(O)cc1C1=NCCc2cc(O)c(O)cc21. The third-order valence-electron chi connectivity index (χ3n) is 3.40. The lowest BCUT2D eigenvalue weighted by Crippen LogP contribution is -2.15. The molecule has 0 saturated heterocycles. The summed E-state index contributed by atoms with van der Waals surface area (Å²) in [6.45, 7) is 0.571. The van der Waals surface area contributed by atoms with Gasteiger partial charge in [-0.25, -0.2) is 0 Å². The van der Waals surface area contributed by atoms with Gasteiger partial charge in [0.25, 0.3) is 0 Å². The average molecular weight is 270 g/mol. The minimum atomic E-state index is -0.197. The first-order valence-electron chi connectivity index (χ1n) is 6.25. The normalized spacial score (nSPS) is 13.7. The van der Waals surface area contributed by atoms with Crippen LogP contribution in [-0.2, 0) is 6.42 Å². The Kier molecular flexibility index (Phi) is 2.75. The Morgan fingerprint density at radius 3 is 2.50 bits per heavy atom. The highest BCUT2D eigenvalue weighted by Gasteiger charge is 2.20. The van der Waals surface area contributed by atoms with Gasteiger partial charge < -0.3 is 21.1 Å². The highest BCUT2D eigenvalue weighted by molar-refractivity contribution is 6.17. The van der Waals surface area contributed by atoms with E-state index < -0.39 is 0 Å². The molecule has 0 bridgehead atoms. The van der Waals surface area contributed by atoms with Crippen molar-refractivity contribution in [3.8, 4) is 17.2 Å². The third-order valence-corrected chi connectivity index (χ3v) is 3.40. The fourth-order valence-electron chi connectivity index (χ4n) is 2.40. The minimum absolute atomic E-state index is 0.104. The molecular weight excluding hydrogens is 256 g/mol. The number of benzene rings is 2. The van der Waals surface area contributed by atoms with Crippen LogP contribution in [0.5, 0.6) is 17.2 Å². The number of fused-ring (bicyclic) bond motifs is 1. The summed E-state index contributed by atoms with van der Waals surface area (Å²) in [5, 5.41) is 28.9. The smallest absolute Gasteiger partial charge is 0.158 e. The molecule has 0 fully saturated rings. The largest absolute Gasteiger partial charge is 0.508 e. The summed E-state index contributed by atoms with van der Waals surface area (Å²) >= 11 is 0. The van der Waals surface area contributed by atoms with Gasteiger partial charge in [0.15, 0.2) is 11.5 Å². The molecule has 0 unspecified atom stereocenters. The van der Waals surface area contributed by atoms with E-state index in [9.17, 15) is 15.3 Å². The van der Waals surface area contributed by atoms with Gasteiger partial charge >= 0.3 is 0 Å². The maximum absolute atomic E-state index is 9.68. The predicted octanol–water partition coefficient (Wildman–Crippen LogP) is 1.78. The van der Waals surface area contributed by atoms with Crippen molar-refractivity contribution in [2.24, 2.45) is 4.99 Å². The Bertz CT molecular complexity index is 723. The van der Waals surface area contributed by atoms with Crippen LogP contribution in [0, 0.1) is 0 Å². The lowest BCUT2D eigenvalue weighted by molar-refractivity contribution is 0.403. The van der Waals surface area contributed by atoms with Crippen molar-refractivity contribution in [2.45, 2.75) is 6.42 Å². The first-order valence-corrected chi connectivity index (χ1v) is 6.25. The Balaban J connectivity index is 2.20. The molecule has 0 saturated carbocycles. The number of anilines is 1. The van der Waals surface area contributed by atoms with Crippen molar-refractivity contribution < 1.29 is 15.3 Å². The standard InChI is InChI=1S/C15H14N2O3/c16-12-2-1-9(18)6-11(12)15-10-7-14(20)13(19)5-8(10)3-4-17-15/h1-2,5-7,18-20H,3-4,16H2. The van der Waals surface area contributed by atoms with Gasteiger partial charge in [-0.1, -0.05) is 0 Å². The number of nitrogen functional groups attached to an aromatic ring is 1. The fraction of sp³-hybridized carbons (Fsp3) is 0.133. The van der Waals surface area contributed by atoms with E-state index in [1.165, 1.54) is 12.1 Å². The summed E-state index contributed by atoms with van der Waals surface area (Å²) in [6.07, 6.45) is 0.686. The molecule has 0 atom stereocenters. The number of phenolic OH excluding ortho intramolecular Hbond substituents is 3. The van der Waals surface area contributed by atoms with Crippen LogP contribution in [0.1, 0.15) is 16.7 Å². The second-order valence-corrected chi connectivity index (χ2v) is 4.75. The topological polar surface area (TPSA) is 99.1 Å². The highest BCUT2D eigenvalue weighted by Crippen LogP contribution is 2.33. The van der Waals surface area contributed by atoms with Gasteiger partial charge in [0.05, 0.1) is 5.71 Å². The Morgan fingerprint density at radius 2 is 1.70 bits per heavy atom. The molecule has 0 amide bonds. The van der Waals surface area contributed by atoms with E-state index in [2.05, 4.69) is 4.99 Å². The zero-order chi connectivity index (χ0) is 14.3. The van der Waals surface area contributed by atoms with Crippen molar-refractivity contribution in [2.75, 3.05) is 12.3 Å². The van der Waals surface area contributed by atoms with Crippen molar-refractivity contribution >= 4 is 11.4 Å². The molecule has 1 heterocycles. The summed E-state index contributed by atoms with van der Waals surface area (Å²) in [5.74, 6) is -0.238. The minimum Gasteiger partial charge on any atom is -0.508 e. The molecule has 5 N–H and O–H groups in total. The van der Waals surface area contributed by atoms with Crippen molar-refractivity contribution in [1.82, 2.24) is 0 Å². The van der Waals surface area contributed by atoms with Gasteiger partial charge in [0, 0.05) is 23.4 Å². The van der Waals surface area contributed by atoms with Gasteiger partial charge in [-0.2, -0.15) is 0 Å². The van der Waals surface area contributed by atoms with Crippen LogP contribution < -0.4 is 5.73 Å². The average Bonchev–Trinajstić information content (AvgIpc) is 2.42. The number of phenols is 3. The van der Waals surface area contributed by atoms with E-state index in [-0.39, 0.29) is 17.2 Å². The zero-order valence-corrected chi connectivity index (χ0v) is 10.7. The molecule has 1 aliphatic heterocycles. The molecular formula is C15H14N2O3. The lowest BCUT2D eigenvalue weighted by atomic mass is 9.92. The third kappa shape index (κ3) is 1.93. The van der Waals surface area contributed by atoms with Crippen molar-refractivity contribution in [3.63, 3.8) is 0 Å². The number of hydrogen-bond donors (Lipinski definition) is 4. The van der Waals surface area contributed by atoms with Crippen molar-refractivity contribution in [3.05, 3.63) is 47.0 Å². The molecule has 3 rings (SSSR count). The Labute approximate surface area is 115 Å². The number of nitrogens with zero attached hydrogens (tertiary/aromatic N) is 1. The van der Waals surface area contributed by atoms with E-state index in [0.29, 0.717) is 29.9 Å². The molecule has 0 spiro atoms. The molecule has 5 nitrogen and oxygen atoms in total. The second-order valence-electron chi connectivity index (χ2n) is 4.75. The molecule has 0 aromatic heterocycles. The zero-order valence-electron chi connectivity index (χ0n) is 10.7. The van der Waals surface area contributed by atoms with Crippen LogP contribution in [0.25, 0.3) is 0 Å². The summed E-state index contributed by atoms with van der Waals surface area (Å²) in [4.78, 5) is 4.45. The monoisotopic (exact) mass is 270 g/mol. The molecule has 0 radical (unpaired) electrons. The molecule has 2 aromatic rings. The van der Waals surface area contributed by atoms with Gasteiger partial charge in [-0.3, -0.25) is 4.99 Å². The predicted molar refractivity (Wildman–Crippen MR) is 76.5 cm³/mol. The van der Waals surface area contributed by atoms with Gasteiger partial charge in [-0.05, 0) is 42.3 Å². The van der Waals surface area contributed by atoms with Gasteiger partial charge in [0.2, 0.25) is 0 Å². The van der Waals surface area contributed by atoms with Crippen LogP contribution in [0.15, 0.2) is 35.3 Å². The number of rotatable bonds is 1. The summed E-state index contributed by atoms with van der Waals surface area (Å²) < 4.78 is 0. The second kappa shape index (κ2) is 4.45. The molecule has 20 heavy (non-hydrogen) atoms. The van der Waals surface area contributed by atoms with Crippen molar-refractivity contribution in [1.29, 1.82) is 0 Å². The van der Waals surface area contributed by atoms with Crippen LogP contribution in [0.4, 0.5) is 5.69 Å².